The summed E-state index contributed by atoms with van der Waals surface area (Å²) in [7, 11) is 0. The maximum atomic E-state index is 10.6. The monoisotopic (exact) mass is 234 g/mol. The van der Waals surface area contributed by atoms with Crippen molar-refractivity contribution in [2.24, 2.45) is 0 Å². The Kier molecular flexibility index (Phi) is 4.54. The summed E-state index contributed by atoms with van der Waals surface area (Å²) < 4.78 is 0. The van der Waals surface area contributed by atoms with Crippen molar-refractivity contribution in [3.05, 3.63) is 21.9 Å². The fraction of sp³-hybridized carbons (Fsp3) is 0.444. The number of aliphatic hydroxyl groups is 2. The average molecular weight is 235 g/mol. The van der Waals surface area contributed by atoms with Gasteiger partial charge in [-0.25, -0.2) is 0 Å². The molecular formula is C9H11ClO3S. The zero-order valence-corrected chi connectivity index (χ0v) is 8.96. The normalized spacial score (nSPS) is 15.1. The van der Waals surface area contributed by atoms with E-state index in [0.29, 0.717) is 23.8 Å². The van der Waals surface area contributed by atoms with E-state index < -0.39 is 12.2 Å². The van der Waals surface area contributed by atoms with Crippen LogP contribution in [0.25, 0.3) is 0 Å². The van der Waals surface area contributed by atoms with E-state index in [2.05, 4.69) is 0 Å². The van der Waals surface area contributed by atoms with Crippen LogP contribution in [0.3, 0.4) is 0 Å². The molecule has 2 atom stereocenters. The first kappa shape index (κ1) is 11.7. The maximum absolute atomic E-state index is 10.6. The third-order valence-corrected chi connectivity index (χ3v) is 2.94. The van der Waals surface area contributed by atoms with E-state index in [1.807, 2.05) is 0 Å². The Morgan fingerprint density at radius 2 is 2.21 bits per heavy atom. The van der Waals surface area contributed by atoms with Crippen LogP contribution in [-0.2, 0) is 0 Å². The number of hydrogen-bond acceptors (Lipinski definition) is 4. The third kappa shape index (κ3) is 2.54. The molecule has 0 aliphatic carbocycles. The highest BCUT2D eigenvalue weighted by molar-refractivity contribution is 7.08. The van der Waals surface area contributed by atoms with Crippen molar-refractivity contribution in [1.29, 1.82) is 0 Å². The lowest BCUT2D eigenvalue weighted by atomic mass is 10.0. The first-order valence-electron chi connectivity index (χ1n) is 4.14. The standard InChI is InChI=1S/C9H11ClO3S/c10-2-1-8(12)9(13)7-5-14-4-6(7)3-11/h3-5,8-9,12-13H,1-2H2. The van der Waals surface area contributed by atoms with Crippen molar-refractivity contribution in [1.82, 2.24) is 0 Å². The SMILES string of the molecule is O=Cc1cscc1C(O)C(O)CCCl. The van der Waals surface area contributed by atoms with Crippen molar-refractivity contribution in [3.8, 4) is 0 Å². The maximum Gasteiger partial charge on any atom is 0.151 e. The van der Waals surface area contributed by atoms with Crippen molar-refractivity contribution < 1.29 is 15.0 Å². The van der Waals surface area contributed by atoms with Crippen LogP contribution in [0.15, 0.2) is 10.8 Å². The molecule has 0 aliphatic heterocycles. The number of carbonyl (C=O) groups excluding carboxylic acids is 1. The molecule has 3 nitrogen and oxygen atoms in total. The Balaban J connectivity index is 2.77. The molecule has 0 radical (unpaired) electrons. The third-order valence-electron chi connectivity index (χ3n) is 1.94. The van der Waals surface area contributed by atoms with E-state index in [9.17, 15) is 15.0 Å². The van der Waals surface area contributed by atoms with Crippen LogP contribution >= 0.6 is 22.9 Å². The molecule has 0 saturated heterocycles. The number of aldehydes is 1. The molecule has 0 saturated carbocycles. The fourth-order valence-electron chi connectivity index (χ4n) is 1.13. The van der Waals surface area contributed by atoms with Gasteiger partial charge in [0.05, 0.1) is 6.10 Å². The van der Waals surface area contributed by atoms with Crippen molar-refractivity contribution >= 4 is 29.2 Å². The molecule has 14 heavy (non-hydrogen) atoms. The van der Waals surface area contributed by atoms with Crippen LogP contribution in [0.4, 0.5) is 0 Å². The van der Waals surface area contributed by atoms with Crippen LogP contribution in [-0.4, -0.2) is 28.5 Å². The largest absolute Gasteiger partial charge is 0.390 e. The van der Waals surface area contributed by atoms with Gasteiger partial charge < -0.3 is 10.2 Å². The zero-order chi connectivity index (χ0) is 10.6. The van der Waals surface area contributed by atoms with Gasteiger partial charge in [-0.15, -0.1) is 11.6 Å². The molecule has 5 heteroatoms. The summed E-state index contributed by atoms with van der Waals surface area (Å²) in [4.78, 5) is 10.6. The summed E-state index contributed by atoms with van der Waals surface area (Å²) in [6.07, 6.45) is -0.972. The second kappa shape index (κ2) is 5.46. The number of alkyl halides is 1. The smallest absolute Gasteiger partial charge is 0.151 e. The molecule has 1 aromatic rings. The molecule has 0 amide bonds. The van der Waals surface area contributed by atoms with E-state index >= 15 is 0 Å². The summed E-state index contributed by atoms with van der Waals surface area (Å²) >= 11 is 6.76. The molecule has 0 bridgehead atoms. The Labute approximate surface area is 90.9 Å². The predicted molar refractivity (Wildman–Crippen MR) is 56.0 cm³/mol. The molecule has 0 fully saturated rings. The highest BCUT2D eigenvalue weighted by Crippen LogP contribution is 2.25. The summed E-state index contributed by atoms with van der Waals surface area (Å²) in [6, 6.07) is 0. The minimum atomic E-state index is -1.03. The minimum absolute atomic E-state index is 0.277. The molecule has 0 aromatic carbocycles. The highest BCUT2D eigenvalue weighted by Gasteiger charge is 2.20. The van der Waals surface area contributed by atoms with Gasteiger partial charge in [-0.2, -0.15) is 11.3 Å². The second-order valence-corrected chi connectivity index (χ2v) is 4.01. The summed E-state index contributed by atoms with van der Waals surface area (Å²) in [5, 5.41) is 22.4. The fourth-order valence-corrected chi connectivity index (χ4v) is 2.18. The molecular weight excluding hydrogens is 224 g/mol. The molecule has 1 heterocycles. The summed E-state index contributed by atoms with van der Waals surface area (Å²) in [6.45, 7) is 0. The number of carbonyl (C=O) groups is 1. The lowest BCUT2D eigenvalue weighted by Gasteiger charge is -2.16. The average Bonchev–Trinajstić information content (AvgIpc) is 2.64. The summed E-state index contributed by atoms with van der Waals surface area (Å²) in [5.41, 5.74) is 0.902. The van der Waals surface area contributed by atoms with Gasteiger partial charge in [0, 0.05) is 22.4 Å². The van der Waals surface area contributed by atoms with Gasteiger partial charge in [0.1, 0.15) is 6.10 Å². The quantitative estimate of drug-likeness (QED) is 0.601. The van der Waals surface area contributed by atoms with Crippen LogP contribution in [0.2, 0.25) is 0 Å². The van der Waals surface area contributed by atoms with Gasteiger partial charge >= 0.3 is 0 Å². The Morgan fingerprint density at radius 1 is 1.50 bits per heavy atom. The first-order valence-corrected chi connectivity index (χ1v) is 5.61. The van der Waals surface area contributed by atoms with Gasteiger partial charge in [-0.1, -0.05) is 0 Å². The van der Waals surface area contributed by atoms with Crippen LogP contribution < -0.4 is 0 Å². The van der Waals surface area contributed by atoms with Crippen molar-refractivity contribution in [3.63, 3.8) is 0 Å². The molecule has 2 unspecified atom stereocenters. The van der Waals surface area contributed by atoms with E-state index in [4.69, 9.17) is 11.6 Å². The molecule has 0 spiro atoms. The lowest BCUT2D eigenvalue weighted by molar-refractivity contribution is 0.0169. The van der Waals surface area contributed by atoms with Gasteiger partial charge in [0.2, 0.25) is 0 Å². The highest BCUT2D eigenvalue weighted by atomic mass is 35.5. The van der Waals surface area contributed by atoms with Crippen LogP contribution in [0, 0.1) is 0 Å². The van der Waals surface area contributed by atoms with Gasteiger partial charge in [-0.3, -0.25) is 4.79 Å². The zero-order valence-electron chi connectivity index (χ0n) is 7.39. The van der Waals surface area contributed by atoms with Gasteiger partial charge in [0.25, 0.3) is 0 Å². The number of thiophene rings is 1. The van der Waals surface area contributed by atoms with Gasteiger partial charge in [-0.05, 0) is 11.8 Å². The Morgan fingerprint density at radius 3 is 2.79 bits per heavy atom. The molecule has 1 rings (SSSR count). The Bertz CT molecular complexity index is 300. The second-order valence-electron chi connectivity index (χ2n) is 2.89. The predicted octanol–water partition coefficient (Wildman–Crippen LogP) is 1.58. The van der Waals surface area contributed by atoms with Crippen molar-refractivity contribution in [2.45, 2.75) is 18.6 Å². The molecule has 0 aliphatic rings. The number of hydrogen-bond donors (Lipinski definition) is 2. The van der Waals surface area contributed by atoms with E-state index in [1.165, 1.54) is 11.3 Å². The number of halogens is 1. The topological polar surface area (TPSA) is 57.5 Å². The number of rotatable bonds is 5. The molecule has 78 valence electrons. The lowest BCUT2D eigenvalue weighted by Crippen LogP contribution is -2.19. The number of aliphatic hydroxyl groups excluding tert-OH is 2. The van der Waals surface area contributed by atoms with Crippen LogP contribution in [0.1, 0.15) is 28.4 Å². The van der Waals surface area contributed by atoms with Crippen LogP contribution in [0.5, 0.6) is 0 Å². The first-order chi connectivity index (χ1) is 6.70. The van der Waals surface area contributed by atoms with Gasteiger partial charge in [0.15, 0.2) is 6.29 Å². The van der Waals surface area contributed by atoms with E-state index in [-0.39, 0.29) is 5.88 Å². The molecule has 2 N–H and O–H groups in total. The van der Waals surface area contributed by atoms with E-state index in [1.54, 1.807) is 10.8 Å². The van der Waals surface area contributed by atoms with E-state index in [0.717, 1.165) is 0 Å². The molecule has 1 aromatic heterocycles. The minimum Gasteiger partial charge on any atom is -0.390 e. The Hall–Kier alpha value is -0.420. The summed E-state index contributed by atoms with van der Waals surface area (Å²) in [5.74, 6) is 0.277. The van der Waals surface area contributed by atoms with Crippen molar-refractivity contribution in [2.75, 3.05) is 5.88 Å².